The van der Waals surface area contributed by atoms with E-state index in [-0.39, 0.29) is 5.56 Å². The molecule has 7 heteroatoms. The molecule has 0 fully saturated rings. The monoisotopic (exact) mass is 294 g/mol. The summed E-state index contributed by atoms with van der Waals surface area (Å²) in [6.45, 7) is 4.82. The van der Waals surface area contributed by atoms with Gasteiger partial charge in [0.05, 0.1) is 12.2 Å². The van der Waals surface area contributed by atoms with Crippen LogP contribution in [-0.2, 0) is 18.3 Å². The zero-order valence-electron chi connectivity index (χ0n) is 12.1. The molecule has 0 aliphatic heterocycles. The maximum Gasteiger partial charge on any atom is 0.262 e. The van der Waals surface area contributed by atoms with E-state index in [1.165, 1.54) is 0 Å². The maximum absolute atomic E-state index is 12.7. The van der Waals surface area contributed by atoms with Gasteiger partial charge in [0, 0.05) is 26.4 Å². The molecule has 0 saturated heterocycles. The van der Waals surface area contributed by atoms with E-state index in [1.807, 2.05) is 19.9 Å². The average Bonchev–Trinajstić information content (AvgIpc) is 2.70. The van der Waals surface area contributed by atoms with Crippen LogP contribution in [0, 0.1) is 18.6 Å². The van der Waals surface area contributed by atoms with Crippen molar-refractivity contribution in [1.82, 2.24) is 19.3 Å². The highest BCUT2D eigenvalue weighted by Crippen LogP contribution is 2.18. The first-order chi connectivity index (χ1) is 9.47. The molecule has 0 atom stereocenters. The van der Waals surface area contributed by atoms with E-state index in [0.717, 1.165) is 11.3 Å². The smallest absolute Gasteiger partial charge is 0.262 e. The van der Waals surface area contributed by atoms with Crippen LogP contribution in [0.2, 0.25) is 0 Å². The van der Waals surface area contributed by atoms with Crippen molar-refractivity contribution in [2.75, 3.05) is 13.7 Å². The summed E-state index contributed by atoms with van der Waals surface area (Å²) in [7, 11) is 3.41. The van der Waals surface area contributed by atoms with Crippen molar-refractivity contribution in [2.45, 2.75) is 20.4 Å². The van der Waals surface area contributed by atoms with E-state index in [2.05, 4.69) is 10.2 Å². The van der Waals surface area contributed by atoms with Gasteiger partial charge in [0.25, 0.3) is 5.56 Å². The Morgan fingerprint density at radius 3 is 2.70 bits per heavy atom. The third-order valence-electron chi connectivity index (χ3n) is 3.33. The summed E-state index contributed by atoms with van der Waals surface area (Å²) in [5.74, 6) is 0.559. The fourth-order valence-electron chi connectivity index (χ4n) is 2.23. The maximum atomic E-state index is 12.7. The number of aromatic amines is 1. The summed E-state index contributed by atoms with van der Waals surface area (Å²) in [5.41, 5.74) is 2.29. The summed E-state index contributed by atoms with van der Waals surface area (Å²) < 4.78 is 8.95. The van der Waals surface area contributed by atoms with Crippen LogP contribution in [0.1, 0.15) is 11.3 Å². The molecule has 0 aliphatic rings. The lowest BCUT2D eigenvalue weighted by Crippen LogP contribution is -2.27. The molecule has 6 nitrogen and oxygen atoms in total. The van der Waals surface area contributed by atoms with Crippen molar-refractivity contribution in [3.63, 3.8) is 0 Å². The van der Waals surface area contributed by atoms with E-state index < -0.39 is 0 Å². The number of pyridine rings is 1. The average molecular weight is 294 g/mol. The Hall–Kier alpha value is -1.73. The quantitative estimate of drug-likeness (QED) is 0.869. The van der Waals surface area contributed by atoms with E-state index >= 15 is 0 Å². The summed E-state index contributed by atoms with van der Waals surface area (Å²) >= 11 is 5.11. The zero-order chi connectivity index (χ0) is 14.9. The number of H-pyrrole nitrogens is 1. The molecule has 2 heterocycles. The van der Waals surface area contributed by atoms with Crippen LogP contribution in [0.4, 0.5) is 0 Å². The highest BCUT2D eigenvalue weighted by molar-refractivity contribution is 7.71. The number of ether oxygens (including phenoxy) is 1. The summed E-state index contributed by atoms with van der Waals surface area (Å²) in [4.78, 5) is 12.7. The first-order valence-corrected chi connectivity index (χ1v) is 6.70. The second-order valence-corrected chi connectivity index (χ2v) is 5.09. The third kappa shape index (κ3) is 2.46. The summed E-state index contributed by atoms with van der Waals surface area (Å²) in [6, 6.07) is 1.98. The topological polar surface area (TPSA) is 64.8 Å². The predicted molar refractivity (Wildman–Crippen MR) is 79.4 cm³/mol. The first-order valence-electron chi connectivity index (χ1n) is 6.29. The van der Waals surface area contributed by atoms with Crippen LogP contribution in [0.3, 0.4) is 0 Å². The molecule has 2 aromatic heterocycles. The number of nitrogens with zero attached hydrogens (tertiary/aromatic N) is 3. The van der Waals surface area contributed by atoms with Gasteiger partial charge in [-0.05, 0) is 37.7 Å². The molecular weight excluding hydrogens is 276 g/mol. The van der Waals surface area contributed by atoms with Gasteiger partial charge in [-0.25, -0.2) is 0 Å². The van der Waals surface area contributed by atoms with Crippen LogP contribution in [0.5, 0.6) is 0 Å². The number of aromatic nitrogens is 4. The molecule has 2 rings (SSSR count). The number of hydrogen-bond acceptors (Lipinski definition) is 4. The lowest BCUT2D eigenvalue weighted by Gasteiger charge is -2.13. The lowest BCUT2D eigenvalue weighted by molar-refractivity contribution is 0.185. The SMILES string of the molecule is COCCn1c(C)cc(C)c(-c2n[nH]c(=S)n2C)c1=O. The number of nitrogens with one attached hydrogen (secondary N) is 1. The number of hydrogen-bond donors (Lipinski definition) is 1. The van der Waals surface area contributed by atoms with Crippen LogP contribution in [0.15, 0.2) is 10.9 Å². The predicted octanol–water partition coefficient (Wildman–Crippen LogP) is 1.57. The molecular formula is C13H18N4O2S. The minimum atomic E-state index is -0.0725. The Morgan fingerprint density at radius 2 is 2.15 bits per heavy atom. The fourth-order valence-corrected chi connectivity index (χ4v) is 2.36. The number of methoxy groups -OCH3 is 1. The Balaban J connectivity index is 2.68. The van der Waals surface area contributed by atoms with Gasteiger partial charge < -0.3 is 13.9 Å². The van der Waals surface area contributed by atoms with Gasteiger partial charge in [-0.3, -0.25) is 9.89 Å². The molecule has 2 aromatic rings. The molecule has 0 unspecified atom stereocenters. The minimum absolute atomic E-state index is 0.0725. The Morgan fingerprint density at radius 1 is 1.45 bits per heavy atom. The van der Waals surface area contributed by atoms with Crippen molar-refractivity contribution >= 4 is 12.2 Å². The van der Waals surface area contributed by atoms with Crippen molar-refractivity contribution in [2.24, 2.45) is 7.05 Å². The molecule has 0 aliphatic carbocycles. The summed E-state index contributed by atoms with van der Waals surface area (Å²) in [5, 5.41) is 6.87. The number of rotatable bonds is 4. The van der Waals surface area contributed by atoms with Gasteiger partial charge >= 0.3 is 0 Å². The Labute approximate surface area is 122 Å². The fraction of sp³-hybridized carbons (Fsp3) is 0.462. The minimum Gasteiger partial charge on any atom is -0.383 e. The molecule has 1 N–H and O–H groups in total. The van der Waals surface area contributed by atoms with Gasteiger partial charge in [-0.2, -0.15) is 5.10 Å². The summed E-state index contributed by atoms with van der Waals surface area (Å²) in [6.07, 6.45) is 0. The van der Waals surface area contributed by atoms with Gasteiger partial charge in [-0.1, -0.05) is 0 Å². The Kier molecular flexibility index (Phi) is 4.20. The first kappa shape index (κ1) is 14.7. The van der Waals surface area contributed by atoms with Gasteiger partial charge in [0.2, 0.25) is 0 Å². The molecule has 0 saturated carbocycles. The van der Waals surface area contributed by atoms with Crippen molar-refractivity contribution in [1.29, 1.82) is 0 Å². The van der Waals surface area contributed by atoms with Crippen molar-refractivity contribution in [3.05, 3.63) is 32.4 Å². The van der Waals surface area contributed by atoms with Crippen LogP contribution < -0.4 is 5.56 Å². The third-order valence-corrected chi connectivity index (χ3v) is 3.69. The molecule has 0 amide bonds. The molecule has 0 aromatic carbocycles. The van der Waals surface area contributed by atoms with Crippen LogP contribution in [0.25, 0.3) is 11.4 Å². The second kappa shape index (κ2) is 5.72. The molecule has 0 radical (unpaired) electrons. The molecule has 0 spiro atoms. The van der Waals surface area contributed by atoms with Crippen LogP contribution in [-0.4, -0.2) is 33.0 Å². The standard InChI is InChI=1S/C13H18N4O2S/c1-8-7-9(2)17(5-6-19-4)12(18)10(8)11-14-15-13(20)16(11)3/h7H,5-6H2,1-4H3,(H,15,20). The van der Waals surface area contributed by atoms with E-state index in [9.17, 15) is 4.79 Å². The second-order valence-electron chi connectivity index (χ2n) is 4.70. The highest BCUT2D eigenvalue weighted by Gasteiger charge is 2.16. The van der Waals surface area contributed by atoms with E-state index in [0.29, 0.717) is 29.3 Å². The van der Waals surface area contributed by atoms with Crippen molar-refractivity contribution < 1.29 is 4.74 Å². The van der Waals surface area contributed by atoms with Gasteiger partial charge in [-0.15, -0.1) is 0 Å². The number of aryl methyl sites for hydroxylation is 2. The van der Waals surface area contributed by atoms with E-state index in [1.54, 1.807) is 23.3 Å². The highest BCUT2D eigenvalue weighted by atomic mass is 32.1. The van der Waals surface area contributed by atoms with Crippen molar-refractivity contribution in [3.8, 4) is 11.4 Å². The van der Waals surface area contributed by atoms with Gasteiger partial charge in [0.15, 0.2) is 10.6 Å². The molecule has 20 heavy (non-hydrogen) atoms. The Bertz CT molecular complexity index is 742. The lowest BCUT2D eigenvalue weighted by atomic mass is 10.1. The van der Waals surface area contributed by atoms with Crippen LogP contribution >= 0.6 is 12.2 Å². The van der Waals surface area contributed by atoms with E-state index in [4.69, 9.17) is 17.0 Å². The zero-order valence-corrected chi connectivity index (χ0v) is 12.9. The molecule has 108 valence electrons. The van der Waals surface area contributed by atoms with Gasteiger partial charge in [0.1, 0.15) is 0 Å². The normalized spacial score (nSPS) is 11.0. The molecule has 0 bridgehead atoms. The largest absolute Gasteiger partial charge is 0.383 e.